The summed E-state index contributed by atoms with van der Waals surface area (Å²) in [6.07, 6.45) is -1.33. The Morgan fingerprint density at radius 2 is 1.69 bits per heavy atom. The van der Waals surface area contributed by atoms with E-state index in [1.54, 1.807) is 12.2 Å². The van der Waals surface area contributed by atoms with E-state index in [4.69, 9.17) is 5.73 Å². The van der Waals surface area contributed by atoms with E-state index in [1.807, 2.05) is 0 Å². The highest BCUT2D eigenvalue weighted by Crippen LogP contribution is 2.52. The molecule has 0 bridgehead atoms. The number of nitrogens with zero attached hydrogens (tertiary/aromatic N) is 1. The molecular weight excluding hydrogens is 557 g/mol. The summed E-state index contributed by atoms with van der Waals surface area (Å²) in [7, 11) is 3.07. The molecule has 0 heterocycles. The maximum Gasteiger partial charge on any atom is 0.416 e. The van der Waals surface area contributed by atoms with Crippen LogP contribution in [0.1, 0.15) is 39.0 Å². The van der Waals surface area contributed by atoms with E-state index in [-0.39, 0.29) is 24.0 Å². The molecule has 0 aliphatic heterocycles. The molecule has 9 nitrogen and oxygen atoms in total. The Morgan fingerprint density at radius 3 is 2.26 bits per heavy atom. The van der Waals surface area contributed by atoms with E-state index < -0.39 is 75.5 Å². The van der Waals surface area contributed by atoms with Crippen LogP contribution in [-0.2, 0) is 22.2 Å². The van der Waals surface area contributed by atoms with Crippen LogP contribution in [0.3, 0.4) is 0 Å². The Labute approximate surface area is 237 Å². The lowest BCUT2D eigenvalue weighted by Crippen LogP contribution is -2.63. The van der Waals surface area contributed by atoms with Gasteiger partial charge in [-0.25, -0.2) is 0 Å². The van der Waals surface area contributed by atoms with Crippen LogP contribution < -0.4 is 5.73 Å². The summed E-state index contributed by atoms with van der Waals surface area (Å²) in [4.78, 5) is 40.6. The average molecular weight is 585 g/mol. The molecule has 12 heteroatoms. The first-order chi connectivity index (χ1) is 19.6. The number of hydrogen-bond donors (Lipinski definition) is 5. The number of amides is 1. The molecule has 4 atom stereocenters. The molecule has 0 saturated heterocycles. The number of aromatic hydroxyl groups is 1. The minimum atomic E-state index is -4.48. The number of aliphatic hydroxyl groups is 3. The van der Waals surface area contributed by atoms with Crippen molar-refractivity contribution >= 4 is 29.6 Å². The van der Waals surface area contributed by atoms with Gasteiger partial charge in [0.15, 0.2) is 11.4 Å². The second kappa shape index (κ2) is 9.85. The molecule has 0 radical (unpaired) electrons. The summed E-state index contributed by atoms with van der Waals surface area (Å²) in [5.41, 5.74) is 1.80. The highest BCUT2D eigenvalue weighted by molar-refractivity contribution is 6.24. The number of Topliss-reactive ketones (excluding diaryl/α,β-unsaturated/α-hetero) is 2. The Bertz CT molecular complexity index is 1620. The van der Waals surface area contributed by atoms with Crippen molar-refractivity contribution in [3.63, 3.8) is 0 Å². The third kappa shape index (κ3) is 4.29. The fourth-order valence-corrected chi connectivity index (χ4v) is 6.40. The molecule has 0 aromatic heterocycles. The third-order valence-corrected chi connectivity index (χ3v) is 8.34. The maximum absolute atomic E-state index is 13.8. The lowest BCUT2D eigenvalue weighted by Gasteiger charge is -2.50. The van der Waals surface area contributed by atoms with Gasteiger partial charge in [-0.1, -0.05) is 30.4 Å². The van der Waals surface area contributed by atoms with Crippen molar-refractivity contribution in [3.05, 3.63) is 86.9 Å². The molecule has 42 heavy (non-hydrogen) atoms. The number of primary amides is 1. The number of fused-ring (bicyclic) bond motifs is 3. The summed E-state index contributed by atoms with van der Waals surface area (Å²) in [5, 5.41) is 44.5. The largest absolute Gasteiger partial charge is 0.510 e. The maximum atomic E-state index is 13.8. The summed E-state index contributed by atoms with van der Waals surface area (Å²) in [6, 6.07) is 6.15. The first-order valence-corrected chi connectivity index (χ1v) is 12.9. The third-order valence-electron chi connectivity index (χ3n) is 8.34. The molecule has 5 rings (SSSR count). The van der Waals surface area contributed by atoms with Crippen molar-refractivity contribution in [1.29, 1.82) is 0 Å². The SMILES string of the molecule is CN(C)[C@H]1C(O)=C(C(N)=O)C(=O)[C@]2(O)C(O)=C3C(=O)c4c(O)ccc(/C=C/c5ccc(C(F)(F)F)cc5)c4C[C@@H]3C[C@H]12. The number of hydrogen-bond acceptors (Lipinski definition) is 8. The highest BCUT2D eigenvalue weighted by Gasteiger charge is 2.63. The zero-order valence-corrected chi connectivity index (χ0v) is 22.4. The van der Waals surface area contributed by atoms with Gasteiger partial charge in [-0.15, -0.1) is 0 Å². The molecule has 3 aliphatic carbocycles. The van der Waals surface area contributed by atoms with E-state index in [0.29, 0.717) is 16.7 Å². The van der Waals surface area contributed by atoms with Gasteiger partial charge in [0.2, 0.25) is 5.78 Å². The van der Waals surface area contributed by atoms with Crippen LogP contribution in [0, 0.1) is 11.8 Å². The number of phenolic OH excluding ortho intramolecular Hbond substituents is 1. The number of aliphatic hydroxyl groups excluding tert-OH is 2. The molecule has 220 valence electrons. The minimum Gasteiger partial charge on any atom is -0.510 e. The average Bonchev–Trinajstić information content (AvgIpc) is 2.89. The van der Waals surface area contributed by atoms with Crippen LogP contribution in [0.4, 0.5) is 13.2 Å². The summed E-state index contributed by atoms with van der Waals surface area (Å²) < 4.78 is 38.8. The van der Waals surface area contributed by atoms with E-state index in [2.05, 4.69) is 0 Å². The number of allylic oxidation sites excluding steroid dienone is 1. The van der Waals surface area contributed by atoms with Crippen LogP contribution in [0.25, 0.3) is 12.2 Å². The van der Waals surface area contributed by atoms with E-state index in [0.717, 1.165) is 12.1 Å². The van der Waals surface area contributed by atoms with Crippen LogP contribution in [0.5, 0.6) is 5.75 Å². The van der Waals surface area contributed by atoms with Crippen molar-refractivity contribution in [1.82, 2.24) is 4.90 Å². The smallest absolute Gasteiger partial charge is 0.416 e. The Balaban J connectivity index is 1.60. The number of halogens is 3. The zero-order chi connectivity index (χ0) is 30.9. The number of likely N-dealkylation sites (N-methyl/N-ethyl adjacent to an activating group) is 1. The molecule has 1 amide bonds. The van der Waals surface area contributed by atoms with Gasteiger partial charge in [0, 0.05) is 11.5 Å². The second-order valence-corrected chi connectivity index (χ2v) is 10.9. The first-order valence-electron chi connectivity index (χ1n) is 12.9. The zero-order valence-electron chi connectivity index (χ0n) is 22.4. The Kier molecular flexibility index (Phi) is 6.82. The summed E-state index contributed by atoms with van der Waals surface area (Å²) >= 11 is 0. The van der Waals surface area contributed by atoms with Crippen molar-refractivity contribution in [2.75, 3.05) is 14.1 Å². The molecule has 0 spiro atoms. The number of carbonyl (C=O) groups excluding carboxylic acids is 3. The molecular formula is C30H27F3N2O7. The molecule has 0 saturated carbocycles. The molecule has 2 aromatic rings. The van der Waals surface area contributed by atoms with Gasteiger partial charge in [-0.05, 0) is 67.7 Å². The quantitative estimate of drug-likeness (QED) is 0.270. The van der Waals surface area contributed by atoms with Crippen LogP contribution >= 0.6 is 0 Å². The van der Waals surface area contributed by atoms with Gasteiger partial charge in [0.1, 0.15) is 22.8 Å². The number of benzene rings is 2. The topological polar surface area (TPSA) is 161 Å². The Hall–Kier alpha value is -4.42. The predicted octanol–water partition coefficient (Wildman–Crippen LogP) is 3.31. The Morgan fingerprint density at radius 1 is 1.05 bits per heavy atom. The van der Waals surface area contributed by atoms with Crippen molar-refractivity contribution in [3.8, 4) is 5.75 Å². The normalized spacial score (nSPS) is 26.0. The molecule has 0 fully saturated rings. The standard InChI is InChI=1S/C30H27F3N2O7/c1-35(2)23-18-12-15-11-17-14(6-3-13-4-8-16(9-5-13)30(31,32)33)7-10-19(36)21(17)24(37)20(15)26(39)29(18,42)27(40)22(25(23)38)28(34)41/h3-10,15,18,23,36,38-39,42H,11-12H2,1-2H3,(H2,34,41)/b6-3+/t15-,18-,23-,29-/m1/s1. The number of nitrogens with two attached hydrogens (primary N) is 1. The van der Waals surface area contributed by atoms with Gasteiger partial charge < -0.3 is 26.2 Å². The molecule has 0 unspecified atom stereocenters. The number of carbonyl (C=O) groups is 3. The summed E-state index contributed by atoms with van der Waals surface area (Å²) in [6.45, 7) is 0. The van der Waals surface area contributed by atoms with Gasteiger partial charge in [-0.3, -0.25) is 19.3 Å². The number of alkyl halides is 3. The van der Waals surface area contributed by atoms with Crippen molar-refractivity contribution < 1.29 is 48.0 Å². The van der Waals surface area contributed by atoms with Gasteiger partial charge in [0.25, 0.3) is 5.91 Å². The lowest BCUT2D eigenvalue weighted by atomic mass is 9.58. The molecule has 6 N–H and O–H groups in total. The van der Waals surface area contributed by atoms with E-state index >= 15 is 0 Å². The predicted molar refractivity (Wildman–Crippen MR) is 144 cm³/mol. The minimum absolute atomic E-state index is 0.0660. The molecule has 3 aliphatic rings. The van der Waals surface area contributed by atoms with Gasteiger partial charge in [0.05, 0.1) is 17.2 Å². The van der Waals surface area contributed by atoms with Crippen molar-refractivity contribution in [2.24, 2.45) is 17.6 Å². The van der Waals surface area contributed by atoms with E-state index in [9.17, 15) is 48.0 Å². The van der Waals surface area contributed by atoms with Gasteiger partial charge in [-0.2, -0.15) is 13.2 Å². The second-order valence-electron chi connectivity index (χ2n) is 10.9. The first kappa shape index (κ1) is 29.1. The van der Waals surface area contributed by atoms with Crippen molar-refractivity contribution in [2.45, 2.75) is 30.7 Å². The van der Waals surface area contributed by atoms with Crippen LogP contribution in [-0.4, -0.2) is 68.5 Å². The number of phenols is 1. The fourth-order valence-electron chi connectivity index (χ4n) is 6.40. The van der Waals surface area contributed by atoms with Crippen LogP contribution in [0.15, 0.2) is 59.1 Å². The number of rotatable bonds is 4. The fraction of sp³-hybridized carbons (Fsp3) is 0.300. The van der Waals surface area contributed by atoms with E-state index in [1.165, 1.54) is 43.3 Å². The van der Waals surface area contributed by atoms with Crippen LogP contribution in [0.2, 0.25) is 0 Å². The monoisotopic (exact) mass is 584 g/mol. The molecule has 2 aromatic carbocycles. The number of ketones is 2. The van der Waals surface area contributed by atoms with Gasteiger partial charge >= 0.3 is 6.18 Å². The lowest BCUT2D eigenvalue weighted by molar-refractivity contribution is -0.148. The highest BCUT2D eigenvalue weighted by atomic mass is 19.4. The summed E-state index contributed by atoms with van der Waals surface area (Å²) in [5.74, 6) is -7.42.